The van der Waals surface area contributed by atoms with Crippen LogP contribution in [0, 0.1) is 6.92 Å². The number of carbonyl (C=O) groups excluding carboxylic acids is 2. The van der Waals surface area contributed by atoms with Crippen LogP contribution in [0.15, 0.2) is 54.6 Å². The van der Waals surface area contributed by atoms with Gasteiger partial charge in [-0.15, -0.1) is 0 Å². The van der Waals surface area contributed by atoms with Crippen molar-refractivity contribution in [2.24, 2.45) is 0 Å². The monoisotopic (exact) mass is 374 g/mol. The molecule has 0 atom stereocenters. The van der Waals surface area contributed by atoms with E-state index in [9.17, 15) is 9.59 Å². The molecule has 3 aromatic rings. The summed E-state index contributed by atoms with van der Waals surface area (Å²) in [6, 6.07) is 16.3. The molecule has 142 valence electrons. The van der Waals surface area contributed by atoms with E-state index < -0.39 is 0 Å². The van der Waals surface area contributed by atoms with E-state index in [4.69, 9.17) is 0 Å². The Morgan fingerprint density at radius 1 is 1.00 bits per heavy atom. The Hall–Kier alpha value is -3.54. The number of hydrogen-bond donors (Lipinski definition) is 2. The minimum atomic E-state index is -0.340. The van der Waals surface area contributed by atoms with Crippen LogP contribution in [-0.4, -0.2) is 21.7 Å². The molecule has 0 aliphatic rings. The van der Waals surface area contributed by atoms with Crippen LogP contribution in [0.5, 0.6) is 0 Å². The Balaban J connectivity index is 1.80. The number of Topliss-reactive ketones (excluding diaryl/α,β-unsaturated/α-hetero) is 1. The van der Waals surface area contributed by atoms with Gasteiger partial charge in [0.1, 0.15) is 17.3 Å². The van der Waals surface area contributed by atoms with E-state index in [1.165, 1.54) is 6.92 Å². The highest BCUT2D eigenvalue weighted by molar-refractivity contribution is 6.03. The van der Waals surface area contributed by atoms with E-state index in [-0.39, 0.29) is 17.4 Å². The van der Waals surface area contributed by atoms with Crippen molar-refractivity contribution in [1.29, 1.82) is 0 Å². The van der Waals surface area contributed by atoms with Gasteiger partial charge >= 0.3 is 0 Å². The molecule has 28 heavy (non-hydrogen) atoms. The maximum Gasteiger partial charge on any atom is 0.274 e. The zero-order chi connectivity index (χ0) is 20.1. The highest BCUT2D eigenvalue weighted by Crippen LogP contribution is 2.21. The summed E-state index contributed by atoms with van der Waals surface area (Å²) in [6.45, 7) is 5.33. The molecule has 1 heterocycles. The average Bonchev–Trinajstić information content (AvgIpc) is 2.68. The number of ketones is 1. The fourth-order valence-electron chi connectivity index (χ4n) is 2.82. The number of amides is 1. The van der Waals surface area contributed by atoms with Crippen LogP contribution in [0.2, 0.25) is 0 Å². The van der Waals surface area contributed by atoms with Crippen LogP contribution < -0.4 is 10.6 Å². The van der Waals surface area contributed by atoms with E-state index in [0.717, 1.165) is 17.7 Å². The minimum absolute atomic E-state index is 0.0209. The second-order valence-corrected chi connectivity index (χ2v) is 6.41. The van der Waals surface area contributed by atoms with Gasteiger partial charge in [0.25, 0.3) is 5.91 Å². The Labute approximate surface area is 164 Å². The fraction of sp³-hybridized carbons (Fsp3) is 0.182. The molecular formula is C22H22N4O2. The van der Waals surface area contributed by atoms with Gasteiger partial charge in [-0.1, -0.05) is 25.1 Å². The third kappa shape index (κ3) is 4.59. The number of hydrogen-bond acceptors (Lipinski definition) is 5. The maximum atomic E-state index is 12.6. The summed E-state index contributed by atoms with van der Waals surface area (Å²) >= 11 is 0. The Kier molecular flexibility index (Phi) is 5.79. The number of nitrogens with zero attached hydrogens (tertiary/aromatic N) is 2. The molecule has 0 radical (unpaired) electrons. The number of aryl methyl sites for hydroxylation is 2. The van der Waals surface area contributed by atoms with E-state index in [0.29, 0.717) is 22.9 Å². The molecule has 1 aromatic heterocycles. The van der Waals surface area contributed by atoms with Gasteiger partial charge in [0, 0.05) is 23.0 Å². The van der Waals surface area contributed by atoms with Crippen molar-refractivity contribution in [1.82, 2.24) is 9.97 Å². The lowest BCUT2D eigenvalue weighted by molar-refractivity contribution is 0.101. The fourth-order valence-corrected chi connectivity index (χ4v) is 2.82. The number of nitrogens with one attached hydrogen (secondary N) is 2. The van der Waals surface area contributed by atoms with Gasteiger partial charge in [0.05, 0.1) is 0 Å². The molecule has 6 nitrogen and oxygen atoms in total. The third-order valence-electron chi connectivity index (χ3n) is 4.28. The van der Waals surface area contributed by atoms with E-state index >= 15 is 0 Å². The van der Waals surface area contributed by atoms with Crippen LogP contribution in [-0.2, 0) is 6.42 Å². The Morgan fingerprint density at radius 2 is 1.71 bits per heavy atom. The molecule has 2 aromatic carbocycles. The first-order valence-electron chi connectivity index (χ1n) is 9.09. The molecule has 0 saturated heterocycles. The first-order valence-corrected chi connectivity index (χ1v) is 9.09. The quantitative estimate of drug-likeness (QED) is 0.619. The van der Waals surface area contributed by atoms with Gasteiger partial charge < -0.3 is 10.6 Å². The van der Waals surface area contributed by atoms with Gasteiger partial charge in [0.2, 0.25) is 0 Å². The van der Waals surface area contributed by atoms with Gasteiger partial charge in [-0.3, -0.25) is 9.59 Å². The van der Waals surface area contributed by atoms with Crippen LogP contribution in [0.1, 0.15) is 46.1 Å². The van der Waals surface area contributed by atoms with Crippen molar-refractivity contribution >= 4 is 28.9 Å². The zero-order valence-electron chi connectivity index (χ0n) is 16.1. The highest BCUT2D eigenvalue weighted by atomic mass is 16.2. The van der Waals surface area contributed by atoms with Crippen molar-refractivity contribution in [3.05, 3.63) is 77.2 Å². The lowest BCUT2D eigenvalue weighted by atomic mass is 10.1. The van der Waals surface area contributed by atoms with Crippen LogP contribution >= 0.6 is 0 Å². The van der Waals surface area contributed by atoms with Gasteiger partial charge in [-0.25, -0.2) is 9.97 Å². The molecule has 0 fully saturated rings. The molecule has 0 spiro atoms. The molecule has 3 rings (SSSR count). The first kappa shape index (κ1) is 19.2. The highest BCUT2D eigenvalue weighted by Gasteiger charge is 2.12. The molecule has 0 saturated carbocycles. The number of benzene rings is 2. The summed E-state index contributed by atoms with van der Waals surface area (Å²) in [6.07, 6.45) is 0.886. The third-order valence-corrected chi connectivity index (χ3v) is 4.28. The predicted molar refractivity (Wildman–Crippen MR) is 110 cm³/mol. The molecule has 2 N–H and O–H groups in total. The minimum Gasteiger partial charge on any atom is -0.340 e. The Morgan fingerprint density at radius 3 is 2.39 bits per heavy atom. The van der Waals surface area contributed by atoms with Crippen LogP contribution in [0.3, 0.4) is 0 Å². The molecule has 6 heteroatoms. The van der Waals surface area contributed by atoms with E-state index in [2.05, 4.69) is 33.6 Å². The van der Waals surface area contributed by atoms with Crippen molar-refractivity contribution in [2.75, 3.05) is 10.6 Å². The zero-order valence-corrected chi connectivity index (χ0v) is 16.1. The maximum absolute atomic E-state index is 12.6. The standard InChI is InChI=1S/C22H22N4O2/c1-4-16-7-5-6-8-19(16)26-21-13-20(23-15(3)24-21)22(28)25-18-11-9-17(10-12-18)14(2)27/h5-13H,4H2,1-3H3,(H,25,28)(H,23,24,26). The molecule has 0 aliphatic heterocycles. The summed E-state index contributed by atoms with van der Waals surface area (Å²) in [5.41, 5.74) is 3.57. The predicted octanol–water partition coefficient (Wildman–Crippen LogP) is 4.55. The summed E-state index contributed by atoms with van der Waals surface area (Å²) in [5, 5.41) is 6.07. The van der Waals surface area contributed by atoms with Crippen molar-refractivity contribution < 1.29 is 9.59 Å². The lowest BCUT2D eigenvalue weighted by Crippen LogP contribution is -2.15. The first-order chi connectivity index (χ1) is 13.5. The molecule has 1 amide bonds. The number of rotatable bonds is 6. The van der Waals surface area contributed by atoms with Crippen molar-refractivity contribution in [3.8, 4) is 0 Å². The van der Waals surface area contributed by atoms with Gasteiger partial charge in [-0.05, 0) is 56.2 Å². The summed E-state index contributed by atoms with van der Waals surface area (Å²) in [5.74, 6) is 0.696. The smallest absolute Gasteiger partial charge is 0.274 e. The number of anilines is 3. The van der Waals surface area contributed by atoms with E-state index in [1.807, 2.05) is 18.2 Å². The molecule has 0 unspecified atom stereocenters. The molecule has 0 bridgehead atoms. The van der Waals surface area contributed by atoms with Crippen LogP contribution in [0.25, 0.3) is 0 Å². The number of aromatic nitrogens is 2. The molecule has 0 aliphatic carbocycles. The van der Waals surface area contributed by atoms with Crippen LogP contribution in [0.4, 0.5) is 17.2 Å². The summed E-state index contributed by atoms with van der Waals surface area (Å²) in [4.78, 5) is 32.6. The topological polar surface area (TPSA) is 84.0 Å². The Bertz CT molecular complexity index is 1010. The van der Waals surface area contributed by atoms with E-state index in [1.54, 1.807) is 37.3 Å². The van der Waals surface area contributed by atoms with Gasteiger partial charge in [-0.2, -0.15) is 0 Å². The summed E-state index contributed by atoms with van der Waals surface area (Å²) in [7, 11) is 0. The largest absolute Gasteiger partial charge is 0.340 e. The normalized spacial score (nSPS) is 10.4. The number of carbonyl (C=O) groups is 2. The van der Waals surface area contributed by atoms with Gasteiger partial charge in [0.15, 0.2) is 5.78 Å². The second-order valence-electron chi connectivity index (χ2n) is 6.41. The van der Waals surface area contributed by atoms with Crippen molar-refractivity contribution in [2.45, 2.75) is 27.2 Å². The average molecular weight is 374 g/mol. The summed E-state index contributed by atoms with van der Waals surface area (Å²) < 4.78 is 0. The van der Waals surface area contributed by atoms with Crippen molar-refractivity contribution in [3.63, 3.8) is 0 Å². The molecular weight excluding hydrogens is 352 g/mol. The second kappa shape index (κ2) is 8.43. The number of para-hydroxylation sites is 1. The SMILES string of the molecule is CCc1ccccc1Nc1cc(C(=O)Nc2ccc(C(C)=O)cc2)nc(C)n1. The lowest BCUT2D eigenvalue weighted by Gasteiger charge is -2.12.